The molecule has 1 heterocycles. The zero-order valence-corrected chi connectivity index (χ0v) is 9.96. The number of thiazole rings is 1. The first kappa shape index (κ1) is 11.7. The number of aromatic nitrogens is 1. The fraction of sp³-hybridized carbons (Fsp3) is 0.167. The molecular weight excluding hydrogens is 241 g/mol. The first-order valence-corrected chi connectivity index (χ1v) is 5.97. The van der Waals surface area contributed by atoms with Crippen LogP contribution in [0.3, 0.4) is 0 Å². The molecule has 17 heavy (non-hydrogen) atoms. The van der Waals surface area contributed by atoms with Crippen LogP contribution in [0.5, 0.6) is 0 Å². The molecule has 2 rings (SSSR count). The summed E-state index contributed by atoms with van der Waals surface area (Å²) in [5, 5.41) is 2.31. The van der Waals surface area contributed by atoms with Gasteiger partial charge >= 0.3 is 5.97 Å². The minimum atomic E-state index is -0.433. The van der Waals surface area contributed by atoms with Crippen LogP contribution in [0.1, 0.15) is 17.4 Å². The Morgan fingerprint density at radius 1 is 1.41 bits per heavy atom. The average molecular weight is 251 g/mol. The number of ether oxygens (including phenoxy) is 1. The van der Waals surface area contributed by atoms with Crippen LogP contribution in [-0.2, 0) is 4.74 Å². The summed E-state index contributed by atoms with van der Waals surface area (Å²) in [5.74, 6) is -0.729. The molecule has 0 aliphatic heterocycles. The number of carbonyl (C=O) groups is 1. The second-order valence-corrected chi connectivity index (χ2v) is 4.12. The van der Waals surface area contributed by atoms with Crippen LogP contribution in [-0.4, -0.2) is 17.6 Å². The second kappa shape index (κ2) is 5.05. The Kier molecular flexibility index (Phi) is 3.49. The lowest BCUT2D eigenvalue weighted by molar-refractivity contribution is 0.0520. The van der Waals surface area contributed by atoms with E-state index in [1.165, 1.54) is 23.5 Å². The van der Waals surface area contributed by atoms with Crippen molar-refractivity contribution in [3.05, 3.63) is 41.2 Å². The molecule has 0 unspecified atom stereocenters. The molecule has 0 N–H and O–H groups in total. The number of carbonyl (C=O) groups excluding carboxylic acids is 1. The highest BCUT2D eigenvalue weighted by atomic mass is 32.1. The summed E-state index contributed by atoms with van der Waals surface area (Å²) in [7, 11) is 0. The van der Waals surface area contributed by atoms with Gasteiger partial charge in [0, 0.05) is 10.9 Å². The van der Waals surface area contributed by atoms with E-state index in [0.29, 0.717) is 11.6 Å². The van der Waals surface area contributed by atoms with Gasteiger partial charge in [-0.2, -0.15) is 0 Å². The lowest BCUT2D eigenvalue weighted by Gasteiger charge is -1.97. The van der Waals surface area contributed by atoms with Crippen molar-refractivity contribution in [1.82, 2.24) is 4.98 Å². The van der Waals surface area contributed by atoms with E-state index in [0.717, 1.165) is 5.56 Å². The highest BCUT2D eigenvalue weighted by Gasteiger charge is 2.12. The van der Waals surface area contributed by atoms with E-state index >= 15 is 0 Å². The number of benzene rings is 1. The smallest absolute Gasteiger partial charge is 0.357 e. The Bertz CT molecular complexity index is 522. The molecule has 0 amide bonds. The van der Waals surface area contributed by atoms with Gasteiger partial charge in [-0.15, -0.1) is 11.3 Å². The van der Waals surface area contributed by atoms with Crippen molar-refractivity contribution in [2.45, 2.75) is 6.92 Å². The molecule has 0 bridgehead atoms. The summed E-state index contributed by atoms with van der Waals surface area (Å²) in [5.41, 5.74) is 1.07. The molecule has 1 aromatic carbocycles. The van der Waals surface area contributed by atoms with Crippen molar-refractivity contribution in [3.63, 3.8) is 0 Å². The van der Waals surface area contributed by atoms with E-state index in [9.17, 15) is 9.18 Å². The molecule has 5 heteroatoms. The monoisotopic (exact) mass is 251 g/mol. The summed E-state index contributed by atoms with van der Waals surface area (Å²) < 4.78 is 17.6. The number of nitrogens with zero attached hydrogens (tertiary/aromatic N) is 1. The molecule has 3 nitrogen and oxygen atoms in total. The van der Waals surface area contributed by atoms with Crippen LogP contribution in [0.4, 0.5) is 4.39 Å². The largest absolute Gasteiger partial charge is 0.461 e. The molecule has 0 fully saturated rings. The zero-order valence-electron chi connectivity index (χ0n) is 9.14. The average Bonchev–Trinajstić information content (AvgIpc) is 2.80. The molecule has 0 saturated heterocycles. The standard InChI is InChI=1S/C12H10FNO2S/c1-2-16-12(15)10-7-17-11(14-10)8-3-5-9(13)6-4-8/h3-7H,2H2,1H3. The topological polar surface area (TPSA) is 39.2 Å². The summed E-state index contributed by atoms with van der Waals surface area (Å²) in [4.78, 5) is 15.6. The first-order chi connectivity index (χ1) is 8.20. The number of rotatable bonds is 3. The van der Waals surface area contributed by atoms with Crippen molar-refractivity contribution >= 4 is 17.3 Å². The maximum Gasteiger partial charge on any atom is 0.357 e. The number of halogens is 1. The SMILES string of the molecule is CCOC(=O)c1csc(-c2ccc(F)cc2)n1. The normalized spacial score (nSPS) is 10.2. The quantitative estimate of drug-likeness (QED) is 0.787. The fourth-order valence-corrected chi connectivity index (χ4v) is 2.09. The highest BCUT2D eigenvalue weighted by molar-refractivity contribution is 7.13. The van der Waals surface area contributed by atoms with E-state index in [2.05, 4.69) is 4.98 Å². The van der Waals surface area contributed by atoms with Gasteiger partial charge in [0.2, 0.25) is 0 Å². The summed E-state index contributed by atoms with van der Waals surface area (Å²) >= 11 is 1.33. The van der Waals surface area contributed by atoms with Crippen LogP contribution in [0.25, 0.3) is 10.6 Å². The third kappa shape index (κ3) is 2.68. The van der Waals surface area contributed by atoms with Crippen molar-refractivity contribution < 1.29 is 13.9 Å². The molecule has 0 radical (unpaired) electrons. The van der Waals surface area contributed by atoms with E-state index in [1.807, 2.05) is 0 Å². The minimum Gasteiger partial charge on any atom is -0.461 e. The van der Waals surface area contributed by atoms with E-state index < -0.39 is 5.97 Å². The van der Waals surface area contributed by atoms with Crippen molar-refractivity contribution in [2.24, 2.45) is 0 Å². The number of esters is 1. The molecular formula is C12H10FNO2S. The predicted octanol–water partition coefficient (Wildman–Crippen LogP) is 3.13. The van der Waals surface area contributed by atoms with E-state index in [-0.39, 0.29) is 11.5 Å². The van der Waals surface area contributed by atoms with E-state index in [4.69, 9.17) is 4.74 Å². The van der Waals surface area contributed by atoms with Crippen molar-refractivity contribution in [1.29, 1.82) is 0 Å². The van der Waals surface area contributed by atoms with Crippen LogP contribution in [0, 0.1) is 5.82 Å². The Balaban J connectivity index is 2.23. The summed E-state index contributed by atoms with van der Waals surface area (Å²) in [6.45, 7) is 2.06. The molecule has 0 aliphatic rings. The number of hydrogen-bond acceptors (Lipinski definition) is 4. The zero-order chi connectivity index (χ0) is 12.3. The Morgan fingerprint density at radius 2 is 2.12 bits per heavy atom. The Labute approximate surface area is 102 Å². The Hall–Kier alpha value is -1.75. The van der Waals surface area contributed by atoms with Gasteiger partial charge in [-0.3, -0.25) is 0 Å². The molecule has 88 valence electrons. The predicted molar refractivity (Wildman–Crippen MR) is 63.5 cm³/mol. The Morgan fingerprint density at radius 3 is 2.76 bits per heavy atom. The third-order valence-electron chi connectivity index (χ3n) is 2.08. The van der Waals surface area contributed by atoms with Crippen LogP contribution >= 0.6 is 11.3 Å². The van der Waals surface area contributed by atoms with Crippen molar-refractivity contribution in [3.8, 4) is 10.6 Å². The maximum absolute atomic E-state index is 12.7. The lowest BCUT2D eigenvalue weighted by Crippen LogP contribution is -2.04. The highest BCUT2D eigenvalue weighted by Crippen LogP contribution is 2.24. The van der Waals surface area contributed by atoms with Crippen molar-refractivity contribution in [2.75, 3.05) is 6.61 Å². The molecule has 0 spiro atoms. The van der Waals surface area contributed by atoms with Crippen LogP contribution in [0.15, 0.2) is 29.6 Å². The third-order valence-corrected chi connectivity index (χ3v) is 2.97. The van der Waals surface area contributed by atoms with Crippen LogP contribution in [0.2, 0.25) is 0 Å². The fourth-order valence-electron chi connectivity index (χ4n) is 1.30. The summed E-state index contributed by atoms with van der Waals surface area (Å²) in [6, 6.07) is 5.98. The van der Waals surface area contributed by atoms with Crippen LogP contribution < -0.4 is 0 Å². The van der Waals surface area contributed by atoms with Gasteiger partial charge in [0.15, 0.2) is 5.69 Å². The molecule has 0 atom stereocenters. The van der Waals surface area contributed by atoms with Gasteiger partial charge in [-0.1, -0.05) is 0 Å². The first-order valence-electron chi connectivity index (χ1n) is 5.09. The maximum atomic E-state index is 12.7. The van der Waals surface area contributed by atoms with Gasteiger partial charge in [-0.25, -0.2) is 14.2 Å². The van der Waals surface area contributed by atoms with Gasteiger partial charge in [0.25, 0.3) is 0 Å². The van der Waals surface area contributed by atoms with Gasteiger partial charge in [0.1, 0.15) is 10.8 Å². The molecule has 0 aliphatic carbocycles. The number of hydrogen-bond donors (Lipinski definition) is 0. The van der Waals surface area contributed by atoms with E-state index in [1.54, 1.807) is 24.4 Å². The molecule has 2 aromatic rings. The molecule has 0 saturated carbocycles. The minimum absolute atomic E-state index is 0.288. The lowest BCUT2D eigenvalue weighted by atomic mass is 10.2. The molecule has 1 aromatic heterocycles. The second-order valence-electron chi connectivity index (χ2n) is 3.27. The summed E-state index contributed by atoms with van der Waals surface area (Å²) in [6.07, 6.45) is 0. The van der Waals surface area contributed by atoms with Gasteiger partial charge in [-0.05, 0) is 31.2 Å². The van der Waals surface area contributed by atoms with Gasteiger partial charge < -0.3 is 4.74 Å². The van der Waals surface area contributed by atoms with Gasteiger partial charge in [0.05, 0.1) is 6.61 Å².